The van der Waals surface area contributed by atoms with Crippen LogP contribution in [0.1, 0.15) is 5.56 Å². The minimum atomic E-state index is -0.857. The van der Waals surface area contributed by atoms with Gasteiger partial charge in [0, 0.05) is 5.02 Å². The fraction of sp³-hybridized carbons (Fsp3) is 0.100. The van der Waals surface area contributed by atoms with Gasteiger partial charge in [-0.2, -0.15) is 0 Å². The molecule has 1 aliphatic carbocycles. The van der Waals surface area contributed by atoms with Crippen LogP contribution >= 0.6 is 11.6 Å². The Morgan fingerprint density at radius 1 is 1.23 bits per heavy atom. The van der Waals surface area contributed by atoms with Gasteiger partial charge in [-0.1, -0.05) is 35.9 Å². The van der Waals surface area contributed by atoms with Crippen LogP contribution in [0, 0.1) is 0 Å². The van der Waals surface area contributed by atoms with E-state index in [2.05, 4.69) is 0 Å². The predicted molar refractivity (Wildman–Crippen MR) is 49.9 cm³/mol. The van der Waals surface area contributed by atoms with Gasteiger partial charge in [-0.3, -0.25) is 4.79 Å². The molecule has 0 heterocycles. The number of hydrogen-bond donors (Lipinski definition) is 1. The highest BCUT2D eigenvalue weighted by atomic mass is 35.5. The Morgan fingerprint density at radius 3 is 2.15 bits per heavy atom. The molecule has 0 bridgehead atoms. The third-order valence-electron chi connectivity index (χ3n) is 2.18. The Labute approximate surface area is 80.5 Å². The summed E-state index contributed by atoms with van der Waals surface area (Å²) in [6, 6.07) is 6.86. The first-order valence-corrected chi connectivity index (χ1v) is 4.23. The maximum Gasteiger partial charge on any atom is 0.321 e. The average molecular weight is 195 g/mol. The van der Waals surface area contributed by atoms with E-state index in [1.165, 1.54) is 0 Å². The van der Waals surface area contributed by atoms with Gasteiger partial charge in [0.15, 0.2) is 0 Å². The molecule has 0 radical (unpaired) electrons. The van der Waals surface area contributed by atoms with Gasteiger partial charge in [0.1, 0.15) is 5.41 Å². The fourth-order valence-corrected chi connectivity index (χ4v) is 1.39. The molecule has 0 amide bonds. The van der Waals surface area contributed by atoms with Crippen LogP contribution in [0.2, 0.25) is 5.02 Å². The normalized spacial score (nSPS) is 17.0. The summed E-state index contributed by atoms with van der Waals surface area (Å²) in [6.45, 7) is 0. The van der Waals surface area contributed by atoms with Crippen molar-refractivity contribution >= 4 is 17.6 Å². The maximum atomic E-state index is 10.9. The minimum absolute atomic E-state index is 0.616. The molecule has 1 N–H and O–H groups in total. The van der Waals surface area contributed by atoms with Gasteiger partial charge in [-0.25, -0.2) is 0 Å². The van der Waals surface area contributed by atoms with Crippen LogP contribution in [-0.2, 0) is 10.2 Å². The standard InChI is InChI=1S/C10H7ClO2/c11-8-3-1-7(2-4-8)10(5-6-10)9(12)13/h1-6H,(H,12,13). The Hall–Kier alpha value is -1.28. The zero-order valence-electron chi connectivity index (χ0n) is 6.70. The Balaban J connectivity index is 2.36. The molecule has 1 aromatic rings. The molecule has 3 heteroatoms. The smallest absolute Gasteiger partial charge is 0.321 e. The van der Waals surface area contributed by atoms with Crippen molar-refractivity contribution in [3.8, 4) is 0 Å². The highest BCUT2D eigenvalue weighted by Gasteiger charge is 2.44. The second kappa shape index (κ2) is 2.60. The summed E-state index contributed by atoms with van der Waals surface area (Å²) in [5.41, 5.74) is -0.102. The van der Waals surface area contributed by atoms with E-state index >= 15 is 0 Å². The van der Waals surface area contributed by atoms with Crippen LogP contribution in [0.25, 0.3) is 0 Å². The molecule has 0 unspecified atom stereocenters. The topological polar surface area (TPSA) is 37.3 Å². The number of hydrogen-bond acceptors (Lipinski definition) is 1. The molecule has 0 aromatic heterocycles. The number of benzene rings is 1. The van der Waals surface area contributed by atoms with Crippen molar-refractivity contribution in [1.29, 1.82) is 0 Å². The molecule has 0 saturated heterocycles. The van der Waals surface area contributed by atoms with Crippen LogP contribution in [-0.4, -0.2) is 11.1 Å². The average Bonchev–Trinajstić information content (AvgIpc) is 2.86. The van der Waals surface area contributed by atoms with Crippen molar-refractivity contribution in [3.63, 3.8) is 0 Å². The fourth-order valence-electron chi connectivity index (χ4n) is 1.27. The second-order valence-electron chi connectivity index (χ2n) is 3.01. The summed E-state index contributed by atoms with van der Waals surface area (Å²) in [6.07, 6.45) is 3.33. The number of carboxylic acids is 1. The lowest BCUT2D eigenvalue weighted by molar-refractivity contribution is -0.139. The van der Waals surface area contributed by atoms with Crippen molar-refractivity contribution in [2.24, 2.45) is 0 Å². The van der Waals surface area contributed by atoms with E-state index in [4.69, 9.17) is 16.7 Å². The van der Waals surface area contributed by atoms with E-state index in [0.717, 1.165) is 5.56 Å². The van der Waals surface area contributed by atoms with Gasteiger partial charge in [-0.15, -0.1) is 0 Å². The molecular weight excluding hydrogens is 188 g/mol. The van der Waals surface area contributed by atoms with E-state index in [-0.39, 0.29) is 0 Å². The first-order valence-electron chi connectivity index (χ1n) is 3.85. The van der Waals surface area contributed by atoms with E-state index < -0.39 is 11.4 Å². The van der Waals surface area contributed by atoms with Gasteiger partial charge in [0.05, 0.1) is 0 Å². The quantitative estimate of drug-likeness (QED) is 0.734. The molecule has 66 valence electrons. The summed E-state index contributed by atoms with van der Waals surface area (Å²) in [4.78, 5) is 10.9. The summed E-state index contributed by atoms with van der Waals surface area (Å²) >= 11 is 5.69. The SMILES string of the molecule is O=C(O)C1(c2ccc(Cl)cc2)C=C1. The predicted octanol–water partition coefficient (Wildman–Crippen LogP) is 2.23. The summed E-state index contributed by atoms with van der Waals surface area (Å²) in [5.74, 6) is -0.838. The number of rotatable bonds is 2. The van der Waals surface area contributed by atoms with E-state index in [1.807, 2.05) is 0 Å². The van der Waals surface area contributed by atoms with Crippen molar-refractivity contribution in [3.05, 3.63) is 47.0 Å². The zero-order valence-corrected chi connectivity index (χ0v) is 7.45. The van der Waals surface area contributed by atoms with Crippen LogP contribution < -0.4 is 0 Å². The van der Waals surface area contributed by atoms with Crippen molar-refractivity contribution in [1.82, 2.24) is 0 Å². The summed E-state index contributed by atoms with van der Waals surface area (Å²) in [5, 5.41) is 9.55. The van der Waals surface area contributed by atoms with Gasteiger partial charge >= 0.3 is 5.97 Å². The lowest BCUT2D eigenvalue weighted by Gasteiger charge is -2.10. The Bertz CT molecular complexity index is 372. The first kappa shape index (κ1) is 8.32. The molecule has 13 heavy (non-hydrogen) atoms. The minimum Gasteiger partial charge on any atom is -0.480 e. The lowest BCUT2D eigenvalue weighted by atomic mass is 9.94. The number of aliphatic carboxylic acids is 1. The van der Waals surface area contributed by atoms with Crippen LogP contribution in [0.3, 0.4) is 0 Å². The maximum absolute atomic E-state index is 10.9. The summed E-state index contributed by atoms with van der Waals surface area (Å²) in [7, 11) is 0. The molecule has 0 aliphatic heterocycles. The molecule has 0 spiro atoms. The largest absolute Gasteiger partial charge is 0.480 e. The van der Waals surface area contributed by atoms with Gasteiger partial charge in [0.2, 0.25) is 0 Å². The Kier molecular flexibility index (Phi) is 1.67. The third-order valence-corrected chi connectivity index (χ3v) is 2.43. The molecule has 0 atom stereocenters. The van der Waals surface area contributed by atoms with Crippen LogP contribution in [0.5, 0.6) is 0 Å². The summed E-state index contributed by atoms with van der Waals surface area (Å²) < 4.78 is 0. The highest BCUT2D eigenvalue weighted by molar-refractivity contribution is 6.30. The second-order valence-corrected chi connectivity index (χ2v) is 3.45. The Morgan fingerprint density at radius 2 is 1.77 bits per heavy atom. The third kappa shape index (κ3) is 1.23. The van der Waals surface area contributed by atoms with Crippen molar-refractivity contribution < 1.29 is 9.90 Å². The van der Waals surface area contributed by atoms with E-state index in [1.54, 1.807) is 36.4 Å². The molecule has 0 fully saturated rings. The van der Waals surface area contributed by atoms with E-state index in [9.17, 15) is 4.79 Å². The van der Waals surface area contributed by atoms with Gasteiger partial charge < -0.3 is 5.11 Å². The van der Waals surface area contributed by atoms with Crippen molar-refractivity contribution in [2.45, 2.75) is 5.41 Å². The molecular formula is C10H7ClO2. The molecule has 2 nitrogen and oxygen atoms in total. The molecule has 0 saturated carbocycles. The first-order chi connectivity index (χ1) is 6.15. The van der Waals surface area contributed by atoms with E-state index in [0.29, 0.717) is 5.02 Å². The molecule has 1 aliphatic rings. The number of carboxylic acid groups (broad SMARTS) is 1. The molecule has 1 aromatic carbocycles. The van der Waals surface area contributed by atoms with Gasteiger partial charge in [-0.05, 0) is 17.7 Å². The lowest BCUT2D eigenvalue weighted by Crippen LogP contribution is -2.21. The number of carbonyl (C=O) groups is 1. The monoisotopic (exact) mass is 194 g/mol. The van der Waals surface area contributed by atoms with Gasteiger partial charge in [0.25, 0.3) is 0 Å². The van der Waals surface area contributed by atoms with Crippen LogP contribution in [0.15, 0.2) is 36.4 Å². The number of halogens is 1. The molecule has 2 rings (SSSR count). The van der Waals surface area contributed by atoms with Crippen molar-refractivity contribution in [2.75, 3.05) is 0 Å². The van der Waals surface area contributed by atoms with Crippen LogP contribution in [0.4, 0.5) is 0 Å². The highest BCUT2D eigenvalue weighted by Crippen LogP contribution is 2.39. The zero-order chi connectivity index (χ0) is 9.47.